The van der Waals surface area contributed by atoms with E-state index in [9.17, 15) is 9.59 Å². The molecule has 0 aliphatic rings. The summed E-state index contributed by atoms with van der Waals surface area (Å²) in [6, 6.07) is 28.0. The maximum absolute atomic E-state index is 12.7. The normalized spacial score (nSPS) is 10.5. The first-order valence-corrected chi connectivity index (χ1v) is 10.9. The number of methoxy groups -OCH3 is 1. The summed E-state index contributed by atoms with van der Waals surface area (Å²) in [5.74, 6) is 0.684. The molecule has 0 aliphatic heterocycles. The number of carbonyl (C=O) groups is 2. The Morgan fingerprint density at radius 2 is 1.56 bits per heavy atom. The second kappa shape index (κ2) is 10.5. The van der Waals surface area contributed by atoms with Crippen LogP contribution < -0.4 is 14.8 Å². The van der Waals surface area contributed by atoms with Crippen molar-refractivity contribution >= 4 is 28.3 Å². The number of likely N-dealkylation sites (N-methyl/N-ethyl adjacent to an activating group) is 1. The molecule has 0 fully saturated rings. The summed E-state index contributed by atoms with van der Waals surface area (Å²) in [4.78, 5) is 27.0. The number of para-hydroxylation sites is 2. The van der Waals surface area contributed by atoms with E-state index in [0.717, 1.165) is 22.1 Å². The monoisotopic (exact) mass is 454 g/mol. The van der Waals surface area contributed by atoms with E-state index >= 15 is 0 Å². The molecule has 0 aliphatic carbocycles. The average Bonchev–Trinajstić information content (AvgIpc) is 2.87. The molecule has 0 bridgehead atoms. The summed E-state index contributed by atoms with van der Waals surface area (Å²) >= 11 is 0. The van der Waals surface area contributed by atoms with Crippen LogP contribution in [-0.2, 0) is 11.3 Å². The molecule has 4 aromatic carbocycles. The topological polar surface area (TPSA) is 67.9 Å². The van der Waals surface area contributed by atoms with Crippen LogP contribution in [0.5, 0.6) is 11.5 Å². The van der Waals surface area contributed by atoms with Crippen molar-refractivity contribution in [2.24, 2.45) is 0 Å². The summed E-state index contributed by atoms with van der Waals surface area (Å²) in [5.41, 5.74) is 2.06. The summed E-state index contributed by atoms with van der Waals surface area (Å²) < 4.78 is 11.0. The fraction of sp³-hybridized carbons (Fsp3) is 0.143. The lowest BCUT2D eigenvalue weighted by molar-refractivity contribution is -0.132. The minimum absolute atomic E-state index is 0.170. The molecular formula is C28H26N2O4. The number of rotatable bonds is 8. The Balaban J connectivity index is 1.38. The highest BCUT2D eigenvalue weighted by atomic mass is 16.5. The number of fused-ring (bicyclic) bond motifs is 1. The third-order valence-electron chi connectivity index (χ3n) is 5.47. The molecule has 6 heteroatoms. The van der Waals surface area contributed by atoms with E-state index in [4.69, 9.17) is 9.47 Å². The lowest BCUT2D eigenvalue weighted by atomic mass is 10.1. The van der Waals surface area contributed by atoms with Crippen LogP contribution >= 0.6 is 0 Å². The predicted molar refractivity (Wildman–Crippen MR) is 133 cm³/mol. The van der Waals surface area contributed by atoms with Crippen molar-refractivity contribution < 1.29 is 19.1 Å². The fourth-order valence-corrected chi connectivity index (χ4v) is 3.61. The Bertz CT molecular complexity index is 1300. The molecule has 2 amide bonds. The highest BCUT2D eigenvalue weighted by Crippen LogP contribution is 2.23. The van der Waals surface area contributed by atoms with Crippen LogP contribution in [0.1, 0.15) is 15.9 Å². The molecule has 172 valence electrons. The molecule has 34 heavy (non-hydrogen) atoms. The van der Waals surface area contributed by atoms with Gasteiger partial charge in [0, 0.05) is 19.3 Å². The summed E-state index contributed by atoms with van der Waals surface area (Å²) in [5, 5.41) is 4.99. The first-order valence-electron chi connectivity index (χ1n) is 10.9. The van der Waals surface area contributed by atoms with Gasteiger partial charge in [-0.25, -0.2) is 0 Å². The minimum atomic E-state index is -0.296. The molecule has 0 radical (unpaired) electrons. The Morgan fingerprint density at radius 3 is 2.35 bits per heavy atom. The summed E-state index contributed by atoms with van der Waals surface area (Å²) in [7, 11) is 3.38. The van der Waals surface area contributed by atoms with Gasteiger partial charge in [0.2, 0.25) is 0 Å². The van der Waals surface area contributed by atoms with Gasteiger partial charge < -0.3 is 19.7 Å². The maximum atomic E-state index is 12.7. The first kappa shape index (κ1) is 22.9. The molecule has 0 saturated carbocycles. The van der Waals surface area contributed by atoms with Crippen LogP contribution in [0.2, 0.25) is 0 Å². The number of nitrogens with one attached hydrogen (secondary N) is 1. The first-order chi connectivity index (χ1) is 16.5. The smallest absolute Gasteiger partial charge is 0.260 e. The van der Waals surface area contributed by atoms with Gasteiger partial charge in [-0.15, -0.1) is 0 Å². The van der Waals surface area contributed by atoms with Gasteiger partial charge in [0.15, 0.2) is 6.61 Å². The molecular weight excluding hydrogens is 428 g/mol. The third kappa shape index (κ3) is 5.53. The van der Waals surface area contributed by atoms with Crippen molar-refractivity contribution in [3.63, 3.8) is 0 Å². The second-order valence-corrected chi connectivity index (χ2v) is 7.90. The average molecular weight is 455 g/mol. The van der Waals surface area contributed by atoms with E-state index in [1.165, 1.54) is 0 Å². The number of hydrogen-bond acceptors (Lipinski definition) is 4. The van der Waals surface area contributed by atoms with E-state index < -0.39 is 0 Å². The Labute approximate surface area is 198 Å². The number of hydrogen-bond donors (Lipinski definition) is 1. The molecule has 0 spiro atoms. The van der Waals surface area contributed by atoms with Crippen LogP contribution in [-0.4, -0.2) is 37.5 Å². The number of amides is 2. The molecule has 0 aromatic heterocycles. The third-order valence-corrected chi connectivity index (χ3v) is 5.47. The van der Waals surface area contributed by atoms with Gasteiger partial charge in [-0.1, -0.05) is 48.5 Å². The number of ether oxygens (including phenoxy) is 2. The minimum Gasteiger partial charge on any atom is -0.497 e. The highest BCUT2D eigenvalue weighted by Gasteiger charge is 2.15. The van der Waals surface area contributed by atoms with E-state index in [2.05, 4.69) is 11.4 Å². The van der Waals surface area contributed by atoms with E-state index in [1.807, 2.05) is 60.7 Å². The van der Waals surface area contributed by atoms with Crippen molar-refractivity contribution in [3.8, 4) is 11.5 Å². The SMILES string of the molecule is COc1ccc2cc(CN(C)C(=O)COc3ccccc3C(=O)Nc3ccccc3)ccc2c1. The standard InChI is InChI=1S/C28H26N2O4/c1-30(18-20-12-13-22-17-24(33-2)15-14-21(22)16-20)27(31)19-34-26-11-7-6-10-25(26)28(32)29-23-8-4-3-5-9-23/h3-17H,18-19H2,1-2H3,(H,29,32). The van der Waals surface area contributed by atoms with E-state index in [1.54, 1.807) is 43.3 Å². The number of benzene rings is 4. The molecule has 1 N–H and O–H groups in total. The largest absolute Gasteiger partial charge is 0.497 e. The lowest BCUT2D eigenvalue weighted by Gasteiger charge is -2.19. The molecule has 4 aromatic rings. The van der Waals surface area contributed by atoms with Crippen molar-refractivity contribution in [1.29, 1.82) is 0 Å². The van der Waals surface area contributed by atoms with Gasteiger partial charge in [-0.2, -0.15) is 0 Å². The molecule has 0 atom stereocenters. The Morgan fingerprint density at radius 1 is 0.853 bits per heavy atom. The molecule has 6 nitrogen and oxygen atoms in total. The zero-order valence-electron chi connectivity index (χ0n) is 19.2. The van der Waals surface area contributed by atoms with Crippen molar-refractivity contribution in [3.05, 3.63) is 102 Å². The molecule has 4 rings (SSSR count). The van der Waals surface area contributed by atoms with Gasteiger partial charge in [0.25, 0.3) is 11.8 Å². The van der Waals surface area contributed by atoms with Crippen molar-refractivity contribution in [1.82, 2.24) is 4.90 Å². The van der Waals surface area contributed by atoms with Gasteiger partial charge in [0.1, 0.15) is 11.5 Å². The number of nitrogens with zero attached hydrogens (tertiary/aromatic N) is 1. The second-order valence-electron chi connectivity index (χ2n) is 7.90. The van der Waals surface area contributed by atoms with Gasteiger partial charge in [-0.05, 0) is 58.8 Å². The predicted octanol–water partition coefficient (Wildman–Crippen LogP) is 5.14. The molecule has 0 unspecified atom stereocenters. The van der Waals surface area contributed by atoms with Crippen molar-refractivity contribution in [2.75, 3.05) is 26.1 Å². The van der Waals surface area contributed by atoms with Crippen LogP contribution in [0, 0.1) is 0 Å². The summed E-state index contributed by atoms with van der Waals surface area (Å²) in [6.07, 6.45) is 0. The zero-order chi connectivity index (χ0) is 23.9. The Hall–Kier alpha value is -4.32. The number of carbonyl (C=O) groups excluding carboxylic acids is 2. The van der Waals surface area contributed by atoms with Crippen LogP contribution in [0.3, 0.4) is 0 Å². The van der Waals surface area contributed by atoms with Crippen LogP contribution in [0.15, 0.2) is 91.0 Å². The molecule has 0 heterocycles. The van der Waals surface area contributed by atoms with Gasteiger partial charge in [-0.3, -0.25) is 9.59 Å². The zero-order valence-corrected chi connectivity index (χ0v) is 19.2. The van der Waals surface area contributed by atoms with E-state index in [-0.39, 0.29) is 18.4 Å². The number of anilines is 1. The highest BCUT2D eigenvalue weighted by molar-refractivity contribution is 6.06. The Kier molecular flexibility index (Phi) is 7.08. The quantitative estimate of drug-likeness (QED) is 0.400. The van der Waals surface area contributed by atoms with Crippen molar-refractivity contribution in [2.45, 2.75) is 6.54 Å². The molecule has 0 saturated heterocycles. The van der Waals surface area contributed by atoms with Gasteiger partial charge >= 0.3 is 0 Å². The van der Waals surface area contributed by atoms with Gasteiger partial charge in [0.05, 0.1) is 12.7 Å². The lowest BCUT2D eigenvalue weighted by Crippen LogP contribution is -2.31. The maximum Gasteiger partial charge on any atom is 0.260 e. The van der Waals surface area contributed by atoms with Crippen LogP contribution in [0.4, 0.5) is 5.69 Å². The fourth-order valence-electron chi connectivity index (χ4n) is 3.61. The summed E-state index contributed by atoms with van der Waals surface area (Å²) in [6.45, 7) is 0.275. The van der Waals surface area contributed by atoms with E-state index in [0.29, 0.717) is 23.5 Å². The van der Waals surface area contributed by atoms with Crippen LogP contribution in [0.25, 0.3) is 10.8 Å².